The quantitative estimate of drug-likeness (QED) is 0.178. The molecule has 0 aliphatic heterocycles. The van der Waals surface area contributed by atoms with Crippen molar-refractivity contribution in [1.82, 2.24) is 4.98 Å². The lowest BCUT2D eigenvalue weighted by atomic mass is 9.98. The van der Waals surface area contributed by atoms with E-state index in [0.717, 1.165) is 36.1 Å². The molecule has 0 unspecified atom stereocenters. The van der Waals surface area contributed by atoms with Crippen molar-refractivity contribution in [2.75, 3.05) is 0 Å². The van der Waals surface area contributed by atoms with Crippen molar-refractivity contribution < 1.29 is 4.39 Å². The van der Waals surface area contributed by atoms with Gasteiger partial charge in [0.05, 0.1) is 0 Å². The van der Waals surface area contributed by atoms with E-state index in [1.807, 2.05) is 24.3 Å². The van der Waals surface area contributed by atoms with Crippen LogP contribution in [-0.4, -0.2) is 4.98 Å². The number of unbranched alkanes of at least 4 members (excludes halogenated alkanes) is 8. The number of nitrogens with zero attached hydrogens (tertiary/aromatic N) is 1. The molecule has 0 saturated carbocycles. The van der Waals surface area contributed by atoms with Gasteiger partial charge in [-0.1, -0.05) is 114 Å². The largest absolute Gasteiger partial charge is 0.224 e. The van der Waals surface area contributed by atoms with Crippen LogP contribution in [0, 0.1) is 5.95 Å². The minimum Gasteiger partial charge on any atom is -0.224 e. The molecular weight excluding hydrogens is 405 g/mol. The number of hydrogen-bond acceptors (Lipinski definition) is 1. The van der Waals surface area contributed by atoms with Gasteiger partial charge < -0.3 is 0 Å². The number of pyridine rings is 1. The molecule has 0 amide bonds. The molecule has 2 aromatic carbocycles. The number of rotatable bonds is 14. The Labute approximate surface area is 200 Å². The maximum Gasteiger partial charge on any atom is 0.220 e. The van der Waals surface area contributed by atoms with Gasteiger partial charge in [-0.05, 0) is 60.1 Å². The summed E-state index contributed by atoms with van der Waals surface area (Å²) < 4.78 is 14.7. The van der Waals surface area contributed by atoms with Crippen molar-refractivity contribution in [2.24, 2.45) is 0 Å². The van der Waals surface area contributed by atoms with Gasteiger partial charge in [0.1, 0.15) is 0 Å². The molecule has 3 aromatic rings. The summed E-state index contributed by atoms with van der Waals surface area (Å²) in [5.41, 5.74) is 6.08. The molecule has 0 fully saturated rings. The van der Waals surface area contributed by atoms with Crippen molar-refractivity contribution in [1.29, 1.82) is 0 Å². The molecule has 0 bridgehead atoms. The van der Waals surface area contributed by atoms with Crippen molar-refractivity contribution >= 4 is 0 Å². The minimum absolute atomic E-state index is 0.364. The van der Waals surface area contributed by atoms with Gasteiger partial charge in [0, 0.05) is 11.3 Å². The molecule has 0 radical (unpaired) electrons. The first-order valence-electron chi connectivity index (χ1n) is 13.1. The van der Waals surface area contributed by atoms with Crippen LogP contribution in [0.25, 0.3) is 22.3 Å². The third kappa shape index (κ3) is 8.11. The number of benzene rings is 2. The summed E-state index contributed by atoms with van der Waals surface area (Å²) in [4.78, 5) is 4.23. The van der Waals surface area contributed by atoms with Crippen LogP contribution in [0.15, 0.2) is 60.7 Å². The summed E-state index contributed by atoms with van der Waals surface area (Å²) in [6.07, 6.45) is 14.6. The molecule has 33 heavy (non-hydrogen) atoms. The Bertz CT molecular complexity index is 944. The van der Waals surface area contributed by atoms with E-state index < -0.39 is 0 Å². The second kappa shape index (κ2) is 13.9. The second-order valence-corrected chi connectivity index (χ2v) is 9.24. The highest BCUT2D eigenvalue weighted by Gasteiger charge is 2.09. The molecule has 0 N–H and O–H groups in total. The van der Waals surface area contributed by atoms with Gasteiger partial charge in [0.2, 0.25) is 5.95 Å². The van der Waals surface area contributed by atoms with Gasteiger partial charge in [-0.15, -0.1) is 0 Å². The van der Waals surface area contributed by atoms with E-state index in [4.69, 9.17) is 0 Å². The SMILES string of the molecule is CCCCCCCc1ccc(-c2ccc(-c3ccc(CCCCCCC)nc3F)cc2)cc1. The van der Waals surface area contributed by atoms with E-state index in [2.05, 4.69) is 55.2 Å². The minimum atomic E-state index is -0.364. The average molecular weight is 446 g/mol. The fraction of sp³-hybridized carbons (Fsp3) is 0.452. The van der Waals surface area contributed by atoms with Crippen molar-refractivity contribution in [3.05, 3.63) is 77.9 Å². The molecule has 2 heteroatoms. The zero-order chi connectivity index (χ0) is 23.3. The lowest BCUT2D eigenvalue weighted by molar-refractivity contribution is 0.573. The highest BCUT2D eigenvalue weighted by molar-refractivity contribution is 5.70. The Morgan fingerprint density at radius 3 is 1.64 bits per heavy atom. The van der Waals surface area contributed by atoms with Gasteiger partial charge >= 0.3 is 0 Å². The second-order valence-electron chi connectivity index (χ2n) is 9.24. The molecule has 1 nitrogen and oxygen atoms in total. The molecule has 176 valence electrons. The summed E-state index contributed by atoms with van der Waals surface area (Å²) in [6, 6.07) is 20.9. The van der Waals surface area contributed by atoms with Gasteiger partial charge in [-0.3, -0.25) is 0 Å². The van der Waals surface area contributed by atoms with Crippen LogP contribution in [0.1, 0.15) is 89.3 Å². The monoisotopic (exact) mass is 445 g/mol. The van der Waals surface area contributed by atoms with Crippen LogP contribution in [0.3, 0.4) is 0 Å². The first-order valence-corrected chi connectivity index (χ1v) is 13.1. The van der Waals surface area contributed by atoms with Crippen LogP contribution in [-0.2, 0) is 12.8 Å². The van der Waals surface area contributed by atoms with Crippen LogP contribution < -0.4 is 0 Å². The number of aromatic nitrogens is 1. The summed E-state index contributed by atoms with van der Waals surface area (Å²) in [5.74, 6) is -0.364. The molecule has 3 rings (SSSR count). The lowest BCUT2D eigenvalue weighted by Crippen LogP contribution is -1.96. The Morgan fingerprint density at radius 2 is 1.06 bits per heavy atom. The molecule has 0 atom stereocenters. The van der Waals surface area contributed by atoms with Crippen LogP contribution >= 0.6 is 0 Å². The van der Waals surface area contributed by atoms with Crippen molar-refractivity contribution in [2.45, 2.75) is 90.9 Å². The highest BCUT2D eigenvalue weighted by Crippen LogP contribution is 2.27. The summed E-state index contributed by atoms with van der Waals surface area (Å²) >= 11 is 0. The summed E-state index contributed by atoms with van der Waals surface area (Å²) in [7, 11) is 0. The number of hydrogen-bond donors (Lipinski definition) is 0. The smallest absolute Gasteiger partial charge is 0.220 e. The Kier molecular flexibility index (Phi) is 10.6. The van der Waals surface area contributed by atoms with Gasteiger partial charge in [-0.25, -0.2) is 4.98 Å². The Hall–Kier alpha value is -2.48. The van der Waals surface area contributed by atoms with Crippen LogP contribution in [0.2, 0.25) is 0 Å². The van der Waals surface area contributed by atoms with E-state index >= 15 is 0 Å². The van der Waals surface area contributed by atoms with E-state index in [1.54, 1.807) is 0 Å². The van der Waals surface area contributed by atoms with Gasteiger partial charge in [0.25, 0.3) is 0 Å². The van der Waals surface area contributed by atoms with E-state index in [-0.39, 0.29) is 5.95 Å². The molecule has 1 aromatic heterocycles. The zero-order valence-electron chi connectivity index (χ0n) is 20.6. The maximum atomic E-state index is 14.7. The zero-order valence-corrected chi connectivity index (χ0v) is 20.6. The van der Waals surface area contributed by atoms with Gasteiger partial charge in [0.15, 0.2) is 0 Å². The lowest BCUT2D eigenvalue weighted by Gasteiger charge is -2.08. The maximum absolute atomic E-state index is 14.7. The van der Waals surface area contributed by atoms with Crippen molar-refractivity contribution in [3.8, 4) is 22.3 Å². The van der Waals surface area contributed by atoms with Gasteiger partial charge in [-0.2, -0.15) is 4.39 Å². The predicted molar refractivity (Wildman–Crippen MR) is 140 cm³/mol. The first kappa shape index (κ1) is 25.1. The Morgan fingerprint density at radius 1 is 0.545 bits per heavy atom. The van der Waals surface area contributed by atoms with Crippen LogP contribution in [0.4, 0.5) is 4.39 Å². The molecular formula is C31H40FN. The first-order chi connectivity index (χ1) is 16.2. The number of halogens is 1. The fourth-order valence-electron chi connectivity index (χ4n) is 4.37. The van der Waals surface area contributed by atoms with E-state index in [1.165, 1.54) is 68.9 Å². The molecule has 0 aliphatic rings. The molecule has 0 saturated heterocycles. The Balaban J connectivity index is 1.56. The third-order valence-corrected chi connectivity index (χ3v) is 6.50. The molecule has 0 spiro atoms. The topological polar surface area (TPSA) is 12.9 Å². The molecule has 1 heterocycles. The average Bonchev–Trinajstić information content (AvgIpc) is 2.84. The summed E-state index contributed by atoms with van der Waals surface area (Å²) in [6.45, 7) is 4.47. The number of aryl methyl sites for hydroxylation is 2. The third-order valence-electron chi connectivity index (χ3n) is 6.50. The van der Waals surface area contributed by atoms with E-state index in [0.29, 0.717) is 5.56 Å². The summed E-state index contributed by atoms with van der Waals surface area (Å²) in [5, 5.41) is 0. The highest BCUT2D eigenvalue weighted by atomic mass is 19.1. The standard InChI is InChI=1S/C31H40FN/c1-3-5-7-9-11-13-25-15-17-26(18-16-25)27-19-21-28(22-20-27)30-24-23-29(33-31(30)32)14-12-10-8-6-4-2/h15-24H,3-14H2,1-2H3. The van der Waals surface area contributed by atoms with E-state index in [9.17, 15) is 4.39 Å². The molecule has 0 aliphatic carbocycles. The predicted octanol–water partition coefficient (Wildman–Crippen LogP) is 9.58. The fourth-order valence-corrected chi connectivity index (χ4v) is 4.37. The normalized spacial score (nSPS) is 11.1. The van der Waals surface area contributed by atoms with Crippen LogP contribution in [0.5, 0.6) is 0 Å². The van der Waals surface area contributed by atoms with Crippen molar-refractivity contribution in [3.63, 3.8) is 0 Å².